The van der Waals surface area contributed by atoms with Crippen LogP contribution in [-0.4, -0.2) is 23.0 Å². The second-order valence-corrected chi connectivity index (χ2v) is 4.87. The molecular formula is C12H21NO3. The number of rotatable bonds is 6. The van der Waals surface area contributed by atoms with Gasteiger partial charge in [0.05, 0.1) is 5.92 Å². The van der Waals surface area contributed by atoms with Gasteiger partial charge in [0.1, 0.15) is 0 Å². The van der Waals surface area contributed by atoms with Gasteiger partial charge in [-0.2, -0.15) is 0 Å². The largest absolute Gasteiger partial charge is 0.481 e. The Morgan fingerprint density at radius 2 is 2.06 bits per heavy atom. The highest BCUT2D eigenvalue weighted by molar-refractivity contribution is 5.77. The summed E-state index contributed by atoms with van der Waals surface area (Å²) in [5.74, 6) is -0.515. The van der Waals surface area contributed by atoms with Crippen molar-refractivity contribution in [2.75, 3.05) is 0 Å². The van der Waals surface area contributed by atoms with Crippen LogP contribution in [-0.2, 0) is 9.59 Å². The van der Waals surface area contributed by atoms with Crippen LogP contribution in [0.25, 0.3) is 0 Å². The lowest BCUT2D eigenvalue weighted by Gasteiger charge is -2.33. The monoisotopic (exact) mass is 227 g/mol. The van der Waals surface area contributed by atoms with Crippen LogP contribution < -0.4 is 5.32 Å². The number of carbonyl (C=O) groups excluding carboxylic acids is 1. The molecule has 1 atom stereocenters. The number of carboxylic acid groups (broad SMARTS) is 1. The van der Waals surface area contributed by atoms with E-state index in [1.54, 1.807) is 0 Å². The minimum absolute atomic E-state index is 0.0646. The lowest BCUT2D eigenvalue weighted by Crippen LogP contribution is -2.46. The van der Waals surface area contributed by atoms with E-state index in [2.05, 4.69) is 19.2 Å². The zero-order valence-electron chi connectivity index (χ0n) is 10.0. The lowest BCUT2D eigenvalue weighted by atomic mass is 9.80. The molecule has 1 unspecified atom stereocenters. The van der Waals surface area contributed by atoms with Gasteiger partial charge >= 0.3 is 5.97 Å². The van der Waals surface area contributed by atoms with Gasteiger partial charge < -0.3 is 10.4 Å². The first kappa shape index (κ1) is 13.0. The summed E-state index contributed by atoms with van der Waals surface area (Å²) in [6.45, 7) is 4.18. The molecular weight excluding hydrogens is 206 g/mol. The SMILES string of the molecule is CCCC(C)CC(=O)NC1CC(C(=O)O)C1. The smallest absolute Gasteiger partial charge is 0.306 e. The van der Waals surface area contributed by atoms with E-state index in [1.807, 2.05) is 0 Å². The molecule has 1 fully saturated rings. The number of nitrogens with one attached hydrogen (secondary N) is 1. The quantitative estimate of drug-likeness (QED) is 0.727. The van der Waals surface area contributed by atoms with Crippen molar-refractivity contribution in [2.24, 2.45) is 11.8 Å². The van der Waals surface area contributed by atoms with E-state index in [9.17, 15) is 9.59 Å². The van der Waals surface area contributed by atoms with Gasteiger partial charge in [0.15, 0.2) is 0 Å². The highest BCUT2D eigenvalue weighted by atomic mass is 16.4. The van der Waals surface area contributed by atoms with Gasteiger partial charge in [-0.1, -0.05) is 26.7 Å². The highest BCUT2D eigenvalue weighted by Crippen LogP contribution is 2.27. The fourth-order valence-corrected chi connectivity index (χ4v) is 2.14. The van der Waals surface area contributed by atoms with Crippen LogP contribution in [0.2, 0.25) is 0 Å². The molecule has 0 aromatic rings. The van der Waals surface area contributed by atoms with Gasteiger partial charge in [0, 0.05) is 12.5 Å². The molecule has 1 aliphatic carbocycles. The zero-order valence-corrected chi connectivity index (χ0v) is 10.0. The van der Waals surface area contributed by atoms with E-state index in [0.29, 0.717) is 25.2 Å². The molecule has 1 saturated carbocycles. The molecule has 0 spiro atoms. The van der Waals surface area contributed by atoms with E-state index in [-0.39, 0.29) is 17.9 Å². The Kier molecular flexibility index (Phi) is 4.77. The molecule has 0 heterocycles. The van der Waals surface area contributed by atoms with Crippen LogP contribution in [0.4, 0.5) is 0 Å². The van der Waals surface area contributed by atoms with Gasteiger partial charge in [-0.3, -0.25) is 9.59 Å². The first-order valence-corrected chi connectivity index (χ1v) is 6.05. The first-order valence-electron chi connectivity index (χ1n) is 6.05. The zero-order chi connectivity index (χ0) is 12.1. The predicted molar refractivity (Wildman–Crippen MR) is 61.0 cm³/mol. The first-order chi connectivity index (χ1) is 7.52. The fourth-order valence-electron chi connectivity index (χ4n) is 2.14. The van der Waals surface area contributed by atoms with E-state index >= 15 is 0 Å². The molecule has 0 aromatic carbocycles. The molecule has 1 rings (SSSR count). The second kappa shape index (κ2) is 5.87. The van der Waals surface area contributed by atoms with E-state index in [0.717, 1.165) is 12.8 Å². The summed E-state index contributed by atoms with van der Waals surface area (Å²) in [7, 11) is 0. The molecule has 92 valence electrons. The van der Waals surface area contributed by atoms with Crippen LogP contribution in [0.5, 0.6) is 0 Å². The molecule has 4 nitrogen and oxygen atoms in total. The third kappa shape index (κ3) is 3.83. The van der Waals surface area contributed by atoms with Crippen molar-refractivity contribution >= 4 is 11.9 Å². The summed E-state index contributed by atoms with van der Waals surface area (Å²) < 4.78 is 0. The Balaban J connectivity index is 2.14. The van der Waals surface area contributed by atoms with Crippen molar-refractivity contribution in [1.29, 1.82) is 0 Å². The fraction of sp³-hybridized carbons (Fsp3) is 0.833. The third-order valence-corrected chi connectivity index (χ3v) is 3.17. The normalized spacial score (nSPS) is 25.6. The molecule has 16 heavy (non-hydrogen) atoms. The van der Waals surface area contributed by atoms with Crippen molar-refractivity contribution in [2.45, 2.75) is 52.0 Å². The summed E-state index contributed by atoms with van der Waals surface area (Å²) in [4.78, 5) is 22.1. The molecule has 1 amide bonds. The van der Waals surface area contributed by atoms with Crippen molar-refractivity contribution in [3.05, 3.63) is 0 Å². The van der Waals surface area contributed by atoms with Crippen LogP contribution in [0, 0.1) is 11.8 Å². The van der Waals surface area contributed by atoms with Crippen LogP contribution in [0.1, 0.15) is 46.0 Å². The number of hydrogen-bond acceptors (Lipinski definition) is 2. The molecule has 0 aromatic heterocycles. The number of carbonyl (C=O) groups is 2. The minimum Gasteiger partial charge on any atom is -0.481 e. The van der Waals surface area contributed by atoms with Gasteiger partial charge in [-0.05, 0) is 18.8 Å². The summed E-state index contributed by atoms with van der Waals surface area (Å²) in [6, 6.07) is 0.0856. The molecule has 4 heteroatoms. The average molecular weight is 227 g/mol. The molecule has 1 aliphatic rings. The maximum atomic E-state index is 11.5. The Hall–Kier alpha value is -1.06. The molecule has 2 N–H and O–H groups in total. The lowest BCUT2D eigenvalue weighted by molar-refractivity contribution is -0.146. The van der Waals surface area contributed by atoms with Crippen molar-refractivity contribution < 1.29 is 14.7 Å². The van der Waals surface area contributed by atoms with Crippen LogP contribution in [0.15, 0.2) is 0 Å². The number of amides is 1. The minimum atomic E-state index is -0.746. The van der Waals surface area contributed by atoms with Crippen LogP contribution in [0.3, 0.4) is 0 Å². The van der Waals surface area contributed by atoms with Crippen molar-refractivity contribution in [1.82, 2.24) is 5.32 Å². The summed E-state index contributed by atoms with van der Waals surface area (Å²) in [5.41, 5.74) is 0. The Morgan fingerprint density at radius 3 is 2.56 bits per heavy atom. The summed E-state index contributed by atoms with van der Waals surface area (Å²) in [5, 5.41) is 11.6. The van der Waals surface area contributed by atoms with Gasteiger partial charge in [0.2, 0.25) is 5.91 Å². The summed E-state index contributed by atoms with van der Waals surface area (Å²) in [6.07, 6.45) is 3.89. The number of hydrogen-bond donors (Lipinski definition) is 2. The molecule has 0 radical (unpaired) electrons. The Morgan fingerprint density at radius 1 is 1.44 bits per heavy atom. The molecule has 0 aliphatic heterocycles. The summed E-state index contributed by atoms with van der Waals surface area (Å²) >= 11 is 0. The Labute approximate surface area is 96.4 Å². The number of aliphatic carboxylic acids is 1. The Bertz CT molecular complexity index is 259. The van der Waals surface area contributed by atoms with Crippen molar-refractivity contribution in [3.63, 3.8) is 0 Å². The molecule has 0 bridgehead atoms. The van der Waals surface area contributed by atoms with Crippen molar-refractivity contribution in [3.8, 4) is 0 Å². The maximum Gasteiger partial charge on any atom is 0.306 e. The third-order valence-electron chi connectivity index (χ3n) is 3.17. The topological polar surface area (TPSA) is 66.4 Å². The van der Waals surface area contributed by atoms with Gasteiger partial charge in [-0.15, -0.1) is 0 Å². The maximum absolute atomic E-state index is 11.5. The van der Waals surface area contributed by atoms with Gasteiger partial charge in [0.25, 0.3) is 0 Å². The van der Waals surface area contributed by atoms with E-state index < -0.39 is 5.97 Å². The van der Waals surface area contributed by atoms with Gasteiger partial charge in [-0.25, -0.2) is 0 Å². The standard InChI is InChI=1S/C12H21NO3/c1-3-4-8(2)5-11(14)13-10-6-9(7-10)12(15)16/h8-10H,3-7H2,1-2H3,(H,13,14)(H,15,16). The number of carboxylic acids is 1. The molecule has 0 saturated heterocycles. The second-order valence-electron chi connectivity index (χ2n) is 4.87. The van der Waals surface area contributed by atoms with E-state index in [4.69, 9.17) is 5.11 Å². The average Bonchev–Trinajstić information content (AvgIpc) is 2.10. The van der Waals surface area contributed by atoms with E-state index in [1.165, 1.54) is 0 Å². The highest BCUT2D eigenvalue weighted by Gasteiger charge is 2.35. The predicted octanol–water partition coefficient (Wildman–Crippen LogP) is 1.79. The van der Waals surface area contributed by atoms with Crippen LogP contribution >= 0.6 is 0 Å².